The van der Waals surface area contributed by atoms with E-state index in [9.17, 15) is 15.0 Å². The predicted molar refractivity (Wildman–Crippen MR) is 323 cm³/mol. The Morgan fingerprint density at radius 2 is 0.514 bits per heavy atom. The van der Waals surface area contributed by atoms with E-state index in [1.54, 1.807) is 6.08 Å². The maximum absolute atomic E-state index is 12.5. The van der Waals surface area contributed by atoms with Crippen LogP contribution >= 0.6 is 0 Å². The number of aliphatic hydroxyl groups excluding tert-OH is 2. The lowest BCUT2D eigenvalue weighted by Crippen LogP contribution is -2.45. The average Bonchev–Trinajstić information content (AvgIpc) is 3.39. The van der Waals surface area contributed by atoms with Gasteiger partial charge in [-0.2, -0.15) is 0 Å². The maximum Gasteiger partial charge on any atom is 0.220 e. The van der Waals surface area contributed by atoms with E-state index in [2.05, 4.69) is 19.2 Å². The third-order valence-electron chi connectivity index (χ3n) is 16.3. The quantitative estimate of drug-likeness (QED) is 0.0420. The van der Waals surface area contributed by atoms with Crippen LogP contribution in [0.15, 0.2) is 12.2 Å². The van der Waals surface area contributed by atoms with Gasteiger partial charge < -0.3 is 15.5 Å². The van der Waals surface area contributed by atoms with Crippen molar-refractivity contribution in [3.05, 3.63) is 12.2 Å². The van der Waals surface area contributed by atoms with Crippen molar-refractivity contribution in [3.63, 3.8) is 0 Å². The first-order valence-corrected chi connectivity index (χ1v) is 33.9. The monoisotopic (exact) mass is 1010 g/mol. The van der Waals surface area contributed by atoms with Gasteiger partial charge in [-0.25, -0.2) is 0 Å². The molecule has 0 fully saturated rings. The number of unbranched alkanes of at least 4 members (excludes halogenated alkanes) is 57. The minimum Gasteiger partial charge on any atom is -0.394 e. The summed E-state index contributed by atoms with van der Waals surface area (Å²) in [6, 6.07) is -0.619. The highest BCUT2D eigenvalue weighted by Crippen LogP contribution is 2.19. The number of allylic oxidation sites excluding steroid dienone is 1. The van der Waals surface area contributed by atoms with E-state index in [-0.39, 0.29) is 12.5 Å². The molecule has 3 N–H and O–H groups in total. The van der Waals surface area contributed by atoms with Crippen LogP contribution in [0.5, 0.6) is 0 Å². The number of rotatable bonds is 64. The zero-order valence-electron chi connectivity index (χ0n) is 49.7. The van der Waals surface area contributed by atoms with Gasteiger partial charge >= 0.3 is 0 Å². The van der Waals surface area contributed by atoms with E-state index in [1.165, 1.54) is 353 Å². The molecule has 4 heteroatoms. The Balaban J connectivity index is 3.37. The van der Waals surface area contributed by atoms with Crippen LogP contribution in [0.1, 0.15) is 399 Å². The lowest BCUT2D eigenvalue weighted by atomic mass is 10.0. The van der Waals surface area contributed by atoms with Crippen LogP contribution in [0, 0.1) is 0 Å². The third-order valence-corrected chi connectivity index (χ3v) is 16.3. The molecule has 2 unspecified atom stereocenters. The number of hydrogen-bond acceptors (Lipinski definition) is 3. The molecule has 0 aliphatic rings. The molecule has 0 radical (unpaired) electrons. The van der Waals surface area contributed by atoms with Crippen LogP contribution < -0.4 is 5.32 Å². The van der Waals surface area contributed by atoms with Gasteiger partial charge in [0, 0.05) is 6.42 Å². The second kappa shape index (κ2) is 64.4. The maximum atomic E-state index is 12.5. The molecular weight excluding hydrogens is 879 g/mol. The molecular formula is C68H135NO3. The molecule has 0 aliphatic heterocycles. The first-order valence-electron chi connectivity index (χ1n) is 33.9. The number of amides is 1. The predicted octanol–water partition coefficient (Wildman–Crippen LogP) is 22.8. The molecule has 0 rings (SSSR count). The summed E-state index contributed by atoms with van der Waals surface area (Å²) >= 11 is 0. The Hall–Kier alpha value is -0.870. The summed E-state index contributed by atoms with van der Waals surface area (Å²) in [7, 11) is 0. The van der Waals surface area contributed by atoms with E-state index in [4.69, 9.17) is 0 Å². The molecule has 430 valence electrons. The van der Waals surface area contributed by atoms with Crippen LogP contribution in [0.3, 0.4) is 0 Å². The second-order valence-electron chi connectivity index (χ2n) is 23.6. The van der Waals surface area contributed by atoms with E-state index < -0.39 is 12.1 Å². The number of carbonyl (C=O) groups excluding carboxylic acids is 1. The van der Waals surface area contributed by atoms with E-state index in [0.717, 1.165) is 25.7 Å². The zero-order valence-corrected chi connectivity index (χ0v) is 49.7. The third kappa shape index (κ3) is 60.0. The van der Waals surface area contributed by atoms with Crippen molar-refractivity contribution in [2.45, 2.75) is 411 Å². The Morgan fingerprint density at radius 1 is 0.319 bits per heavy atom. The van der Waals surface area contributed by atoms with Crippen molar-refractivity contribution < 1.29 is 15.0 Å². The summed E-state index contributed by atoms with van der Waals surface area (Å²) in [4.78, 5) is 12.5. The van der Waals surface area contributed by atoms with Gasteiger partial charge in [0.15, 0.2) is 0 Å². The SMILES string of the molecule is CCCCCCCCCCCCCCCCCCCCCCC/C=C/C(O)C(CO)NC(=O)CCCCCCCCCCCCCCCCCCCCCCCCCCCCCCCCCCCCCCC. The lowest BCUT2D eigenvalue weighted by Gasteiger charge is -2.20. The summed E-state index contributed by atoms with van der Waals surface area (Å²) in [6.45, 7) is 4.36. The standard InChI is InChI=1S/C68H135NO3/c1-3-5-7-9-11-13-15-17-19-21-23-25-27-28-29-30-31-32-33-34-35-36-37-38-39-40-42-44-46-48-50-52-54-56-58-60-62-64-68(72)69-66(65-70)67(71)63-61-59-57-55-53-51-49-47-45-43-41-26-24-22-20-18-16-14-12-10-8-6-4-2/h61,63,66-67,70-71H,3-60,62,64-65H2,1-2H3,(H,69,72)/b63-61+. The van der Waals surface area contributed by atoms with Crippen molar-refractivity contribution in [2.24, 2.45) is 0 Å². The number of aliphatic hydroxyl groups is 2. The lowest BCUT2D eigenvalue weighted by molar-refractivity contribution is -0.123. The van der Waals surface area contributed by atoms with Gasteiger partial charge in [-0.1, -0.05) is 386 Å². The number of carbonyl (C=O) groups is 1. The zero-order chi connectivity index (χ0) is 52.0. The van der Waals surface area contributed by atoms with Crippen LogP contribution in [0.25, 0.3) is 0 Å². The fourth-order valence-corrected chi connectivity index (χ4v) is 11.1. The molecule has 0 aromatic carbocycles. The van der Waals surface area contributed by atoms with Crippen LogP contribution in [-0.2, 0) is 4.79 Å². The fourth-order valence-electron chi connectivity index (χ4n) is 11.1. The van der Waals surface area contributed by atoms with Crippen molar-refractivity contribution >= 4 is 5.91 Å². The molecule has 0 heterocycles. The summed E-state index contributed by atoms with van der Waals surface area (Å²) in [5, 5.41) is 23.3. The van der Waals surface area contributed by atoms with Crippen molar-refractivity contribution in [3.8, 4) is 0 Å². The molecule has 0 saturated carbocycles. The van der Waals surface area contributed by atoms with E-state index in [1.807, 2.05) is 6.08 Å². The molecule has 0 aliphatic carbocycles. The Labute approximate surface area is 454 Å². The minimum atomic E-state index is -0.836. The summed E-state index contributed by atoms with van der Waals surface area (Å²) in [5.74, 6) is -0.0536. The highest BCUT2D eigenvalue weighted by Gasteiger charge is 2.18. The Kier molecular flexibility index (Phi) is 63.6. The molecule has 0 aromatic rings. The van der Waals surface area contributed by atoms with Crippen molar-refractivity contribution in [2.75, 3.05) is 6.61 Å². The van der Waals surface area contributed by atoms with Crippen LogP contribution in [-0.4, -0.2) is 34.9 Å². The summed E-state index contributed by atoms with van der Waals surface area (Å²) in [5.41, 5.74) is 0. The first kappa shape index (κ1) is 71.1. The highest BCUT2D eigenvalue weighted by atomic mass is 16.3. The molecule has 0 bridgehead atoms. The van der Waals surface area contributed by atoms with Gasteiger partial charge in [-0.05, 0) is 19.3 Å². The van der Waals surface area contributed by atoms with Gasteiger partial charge in [0.1, 0.15) is 0 Å². The summed E-state index contributed by atoms with van der Waals surface area (Å²) in [6.07, 6.45) is 85.9. The van der Waals surface area contributed by atoms with Gasteiger partial charge in [0.05, 0.1) is 18.8 Å². The van der Waals surface area contributed by atoms with Gasteiger partial charge in [-0.3, -0.25) is 4.79 Å². The van der Waals surface area contributed by atoms with Gasteiger partial charge in [-0.15, -0.1) is 0 Å². The fraction of sp³-hybridized carbons (Fsp3) is 0.956. The molecule has 0 spiro atoms. The van der Waals surface area contributed by atoms with Crippen LogP contribution in [0.2, 0.25) is 0 Å². The van der Waals surface area contributed by atoms with E-state index in [0.29, 0.717) is 6.42 Å². The second-order valence-corrected chi connectivity index (χ2v) is 23.6. The molecule has 0 saturated heterocycles. The van der Waals surface area contributed by atoms with Gasteiger partial charge in [0.2, 0.25) is 5.91 Å². The Morgan fingerprint density at radius 3 is 0.722 bits per heavy atom. The number of hydrogen-bond donors (Lipinski definition) is 3. The molecule has 4 nitrogen and oxygen atoms in total. The largest absolute Gasteiger partial charge is 0.394 e. The van der Waals surface area contributed by atoms with Gasteiger partial charge in [0.25, 0.3) is 0 Å². The minimum absolute atomic E-state index is 0.0536. The van der Waals surface area contributed by atoms with Crippen molar-refractivity contribution in [1.29, 1.82) is 0 Å². The van der Waals surface area contributed by atoms with Crippen molar-refractivity contribution in [1.82, 2.24) is 5.32 Å². The topological polar surface area (TPSA) is 69.6 Å². The highest BCUT2D eigenvalue weighted by molar-refractivity contribution is 5.76. The number of nitrogens with one attached hydrogen (secondary N) is 1. The first-order chi connectivity index (χ1) is 35.7. The normalized spacial score (nSPS) is 12.7. The average molecular weight is 1010 g/mol. The Bertz CT molecular complexity index is 1010. The summed E-state index contributed by atoms with van der Waals surface area (Å²) < 4.78 is 0. The molecule has 72 heavy (non-hydrogen) atoms. The molecule has 2 atom stereocenters. The smallest absolute Gasteiger partial charge is 0.220 e. The molecule has 1 amide bonds. The molecule has 0 aromatic heterocycles. The van der Waals surface area contributed by atoms with E-state index >= 15 is 0 Å². The van der Waals surface area contributed by atoms with Crippen LogP contribution in [0.4, 0.5) is 0 Å².